The first-order chi connectivity index (χ1) is 17.9. The van der Waals surface area contributed by atoms with E-state index in [2.05, 4.69) is 15.2 Å². The number of fused-ring (bicyclic) bond motifs is 2. The van der Waals surface area contributed by atoms with Gasteiger partial charge in [0, 0.05) is 52.9 Å². The standard InChI is InChI=1S/C26H29ClN4O5S/c1-2-36-26(34)22-20(12-31-16-9-15(11-21(32)33)10-17(31)14-35-13-16)29-24(25-28-7-8-37-25)30-23(22)18-5-3-4-6-19(18)27/h3-8,15-17,23H,2,9-14H2,1H3,(H,29,30)(H,32,33)/t15-,16+,17-,23-/m0/s1. The zero-order valence-corrected chi connectivity index (χ0v) is 22.0. The molecule has 2 N–H and O–H groups in total. The Balaban J connectivity index is 1.54. The molecule has 1 aromatic carbocycles. The molecule has 0 saturated carbocycles. The molecule has 0 aliphatic carbocycles. The van der Waals surface area contributed by atoms with E-state index < -0.39 is 18.0 Å². The number of carboxylic acid groups (broad SMARTS) is 1. The van der Waals surface area contributed by atoms with Crippen LogP contribution in [-0.2, 0) is 19.1 Å². The third-order valence-electron chi connectivity index (χ3n) is 7.03. The van der Waals surface area contributed by atoms with Crippen molar-refractivity contribution in [3.8, 4) is 0 Å². The van der Waals surface area contributed by atoms with Gasteiger partial charge in [0.15, 0.2) is 10.8 Å². The predicted octanol–water partition coefficient (Wildman–Crippen LogP) is 3.66. The number of amidine groups is 1. The second-order valence-electron chi connectivity index (χ2n) is 9.43. The number of carbonyl (C=O) groups is 2. The molecule has 9 nitrogen and oxygen atoms in total. The summed E-state index contributed by atoms with van der Waals surface area (Å²) in [4.78, 5) is 36.4. The Morgan fingerprint density at radius 3 is 2.68 bits per heavy atom. The summed E-state index contributed by atoms with van der Waals surface area (Å²) in [6, 6.07) is 6.82. The maximum absolute atomic E-state index is 13.4. The number of aliphatic carboxylic acids is 1. The Hall–Kier alpha value is -2.79. The van der Waals surface area contributed by atoms with Crippen molar-refractivity contribution >= 4 is 40.7 Å². The zero-order valence-electron chi connectivity index (χ0n) is 20.4. The highest BCUT2D eigenvalue weighted by atomic mass is 35.5. The number of halogens is 1. The van der Waals surface area contributed by atoms with Crippen LogP contribution in [-0.4, -0.2) is 71.2 Å². The molecule has 196 valence electrons. The molecular weight excluding hydrogens is 516 g/mol. The molecule has 5 rings (SSSR count). The number of nitrogens with zero attached hydrogens (tertiary/aromatic N) is 3. The normalized spacial score (nSPS) is 25.8. The van der Waals surface area contributed by atoms with Crippen molar-refractivity contribution in [1.82, 2.24) is 15.2 Å². The predicted molar refractivity (Wildman–Crippen MR) is 140 cm³/mol. The van der Waals surface area contributed by atoms with E-state index in [1.807, 2.05) is 23.6 Å². The summed E-state index contributed by atoms with van der Waals surface area (Å²) in [7, 11) is 0. The third-order valence-corrected chi connectivity index (χ3v) is 8.15. The van der Waals surface area contributed by atoms with Crippen LogP contribution in [0.4, 0.5) is 0 Å². The number of hydrogen-bond donors (Lipinski definition) is 2. The molecule has 11 heteroatoms. The average Bonchev–Trinajstić information content (AvgIpc) is 3.39. The highest BCUT2D eigenvalue weighted by Gasteiger charge is 2.42. The summed E-state index contributed by atoms with van der Waals surface area (Å²) in [5, 5.41) is 15.8. The van der Waals surface area contributed by atoms with Crippen molar-refractivity contribution < 1.29 is 24.2 Å². The first-order valence-corrected chi connectivity index (χ1v) is 13.6. The van der Waals surface area contributed by atoms with Gasteiger partial charge in [0.25, 0.3) is 0 Å². The Bertz CT molecular complexity index is 1200. The summed E-state index contributed by atoms with van der Waals surface area (Å²) < 4.78 is 11.3. The first-order valence-electron chi connectivity index (χ1n) is 12.4. The number of nitrogens with one attached hydrogen (secondary N) is 1. The molecule has 0 spiro atoms. The van der Waals surface area contributed by atoms with Crippen LogP contribution in [0.2, 0.25) is 5.02 Å². The minimum absolute atomic E-state index is 0.0514. The fourth-order valence-corrected chi connectivity index (χ4v) is 6.32. The second kappa shape index (κ2) is 11.3. The summed E-state index contributed by atoms with van der Waals surface area (Å²) in [6.45, 7) is 3.50. The van der Waals surface area contributed by atoms with Crippen molar-refractivity contribution in [3.05, 3.63) is 62.7 Å². The molecule has 3 aliphatic rings. The van der Waals surface area contributed by atoms with E-state index in [1.54, 1.807) is 19.2 Å². The minimum Gasteiger partial charge on any atom is -0.481 e. The number of aliphatic imine (C=N–C) groups is 1. The van der Waals surface area contributed by atoms with Crippen LogP contribution in [0.15, 0.2) is 52.1 Å². The number of esters is 1. The number of aromatic nitrogens is 1. The van der Waals surface area contributed by atoms with Gasteiger partial charge in [-0.05, 0) is 31.7 Å². The molecule has 2 aromatic rings. The van der Waals surface area contributed by atoms with Crippen LogP contribution in [0.1, 0.15) is 42.8 Å². The third kappa shape index (κ3) is 5.57. The lowest BCUT2D eigenvalue weighted by Gasteiger charge is -2.49. The topological polar surface area (TPSA) is 113 Å². The van der Waals surface area contributed by atoms with Gasteiger partial charge >= 0.3 is 11.9 Å². The maximum Gasteiger partial charge on any atom is 0.338 e. The summed E-state index contributed by atoms with van der Waals surface area (Å²) in [5.74, 6) is -0.538. The average molecular weight is 545 g/mol. The lowest BCUT2D eigenvalue weighted by atomic mass is 9.82. The Morgan fingerprint density at radius 1 is 1.27 bits per heavy atom. The monoisotopic (exact) mass is 544 g/mol. The summed E-state index contributed by atoms with van der Waals surface area (Å²) in [5.41, 5.74) is 1.82. The number of thiazole rings is 1. The van der Waals surface area contributed by atoms with Crippen LogP contribution in [0.3, 0.4) is 0 Å². The van der Waals surface area contributed by atoms with Crippen molar-refractivity contribution in [2.45, 2.75) is 44.3 Å². The highest BCUT2D eigenvalue weighted by molar-refractivity contribution is 7.11. The van der Waals surface area contributed by atoms with Gasteiger partial charge in [-0.2, -0.15) is 0 Å². The Kier molecular flexibility index (Phi) is 7.89. The summed E-state index contributed by atoms with van der Waals surface area (Å²) in [6.07, 6.45) is 3.33. The second-order valence-corrected chi connectivity index (χ2v) is 10.7. The molecule has 4 heterocycles. The fourth-order valence-electron chi connectivity index (χ4n) is 5.50. The number of carbonyl (C=O) groups excluding carboxylic acids is 1. The van der Waals surface area contributed by atoms with Gasteiger partial charge in [-0.25, -0.2) is 9.78 Å². The van der Waals surface area contributed by atoms with Gasteiger partial charge in [-0.3, -0.25) is 14.7 Å². The van der Waals surface area contributed by atoms with Crippen LogP contribution < -0.4 is 5.32 Å². The van der Waals surface area contributed by atoms with Gasteiger partial charge in [-0.15, -0.1) is 11.3 Å². The van der Waals surface area contributed by atoms with Crippen LogP contribution in [0.25, 0.3) is 0 Å². The van der Waals surface area contributed by atoms with Gasteiger partial charge in [0.2, 0.25) is 0 Å². The SMILES string of the molecule is CCOC(=O)C1=C(CN2[C@@H]3COC[C@H]2C[C@H](CC(=O)O)C3)NC(c2nccs2)=N[C@H]1c1ccccc1Cl. The molecule has 2 bridgehead atoms. The number of hydrogen-bond acceptors (Lipinski definition) is 9. The molecule has 4 atom stereocenters. The van der Waals surface area contributed by atoms with Crippen molar-refractivity contribution in [1.29, 1.82) is 0 Å². The fraction of sp³-hybridized carbons (Fsp3) is 0.462. The van der Waals surface area contributed by atoms with Crippen LogP contribution >= 0.6 is 22.9 Å². The molecule has 2 fully saturated rings. The van der Waals surface area contributed by atoms with Crippen molar-refractivity contribution in [2.75, 3.05) is 26.4 Å². The van der Waals surface area contributed by atoms with Gasteiger partial charge in [0.1, 0.15) is 6.04 Å². The number of rotatable bonds is 8. The lowest BCUT2D eigenvalue weighted by molar-refractivity contribution is -0.141. The molecule has 3 aliphatic heterocycles. The Morgan fingerprint density at radius 2 is 2.03 bits per heavy atom. The number of morpholine rings is 1. The van der Waals surface area contributed by atoms with Gasteiger partial charge in [0.05, 0.1) is 25.4 Å². The van der Waals surface area contributed by atoms with E-state index in [4.69, 9.17) is 26.1 Å². The van der Waals surface area contributed by atoms with Gasteiger partial charge in [-0.1, -0.05) is 29.8 Å². The molecule has 0 radical (unpaired) electrons. The lowest BCUT2D eigenvalue weighted by Crippen LogP contribution is -2.58. The van der Waals surface area contributed by atoms with Crippen molar-refractivity contribution in [3.63, 3.8) is 0 Å². The zero-order chi connectivity index (χ0) is 25.9. The van der Waals surface area contributed by atoms with E-state index in [-0.39, 0.29) is 31.0 Å². The largest absolute Gasteiger partial charge is 0.481 e. The Labute approximate surface area is 224 Å². The van der Waals surface area contributed by atoms with E-state index >= 15 is 0 Å². The quantitative estimate of drug-likeness (QED) is 0.484. The number of piperidine rings is 1. The maximum atomic E-state index is 13.4. The molecule has 1 aromatic heterocycles. The smallest absolute Gasteiger partial charge is 0.338 e. The molecular formula is C26H29ClN4O5S. The number of ether oxygens (including phenoxy) is 2. The van der Waals surface area contributed by atoms with E-state index in [0.29, 0.717) is 52.5 Å². The van der Waals surface area contributed by atoms with Crippen molar-refractivity contribution in [2.24, 2.45) is 10.9 Å². The minimum atomic E-state index is -0.773. The van der Waals surface area contributed by atoms with Crippen LogP contribution in [0.5, 0.6) is 0 Å². The molecule has 2 saturated heterocycles. The first kappa shape index (κ1) is 25.8. The molecule has 37 heavy (non-hydrogen) atoms. The summed E-state index contributed by atoms with van der Waals surface area (Å²) >= 11 is 8.06. The van der Waals surface area contributed by atoms with E-state index in [1.165, 1.54) is 11.3 Å². The van der Waals surface area contributed by atoms with E-state index in [0.717, 1.165) is 12.8 Å². The van der Waals surface area contributed by atoms with Crippen LogP contribution in [0, 0.1) is 5.92 Å². The number of benzene rings is 1. The number of carboxylic acids is 1. The van der Waals surface area contributed by atoms with Gasteiger partial charge < -0.3 is 19.9 Å². The highest BCUT2D eigenvalue weighted by Crippen LogP contribution is 2.38. The molecule has 0 unspecified atom stereocenters. The van der Waals surface area contributed by atoms with E-state index in [9.17, 15) is 14.7 Å². The molecule has 0 amide bonds.